The number of non-ortho nitro benzene ring substituents is 1. The van der Waals surface area contributed by atoms with Crippen LogP contribution in [-0.4, -0.2) is 19.9 Å². The maximum absolute atomic E-state index is 11.3. The molecule has 18 heavy (non-hydrogen) atoms. The molecule has 0 saturated heterocycles. The SMILES string of the molecule is NS(=O)(=O)c1cc([N+](=O)[O-])ccc1OC/C=C/Cl. The zero-order valence-corrected chi connectivity index (χ0v) is 10.5. The molecule has 0 amide bonds. The lowest BCUT2D eigenvalue weighted by atomic mass is 10.3. The molecule has 98 valence electrons. The van der Waals surface area contributed by atoms with E-state index in [9.17, 15) is 18.5 Å². The van der Waals surface area contributed by atoms with Gasteiger partial charge in [0, 0.05) is 17.7 Å². The van der Waals surface area contributed by atoms with Crippen LogP contribution in [0.25, 0.3) is 0 Å². The molecule has 0 saturated carbocycles. The van der Waals surface area contributed by atoms with Crippen LogP contribution in [0, 0.1) is 10.1 Å². The summed E-state index contributed by atoms with van der Waals surface area (Å²) in [5.41, 5.74) is 0.807. The molecule has 0 fully saturated rings. The molecular weight excluding hydrogens is 284 g/mol. The van der Waals surface area contributed by atoms with Gasteiger partial charge >= 0.3 is 0 Å². The lowest BCUT2D eigenvalue weighted by Gasteiger charge is -2.07. The van der Waals surface area contributed by atoms with Crippen molar-refractivity contribution in [3.63, 3.8) is 0 Å². The van der Waals surface area contributed by atoms with Crippen molar-refractivity contribution in [1.82, 2.24) is 0 Å². The van der Waals surface area contributed by atoms with Gasteiger partial charge in [0.1, 0.15) is 17.3 Å². The summed E-state index contributed by atoms with van der Waals surface area (Å²) in [6.45, 7) is 0.0177. The predicted molar refractivity (Wildman–Crippen MR) is 65.0 cm³/mol. The Kier molecular flexibility index (Phi) is 4.65. The van der Waals surface area contributed by atoms with Crippen molar-refractivity contribution in [3.8, 4) is 5.75 Å². The number of nitro benzene ring substituents is 1. The summed E-state index contributed by atoms with van der Waals surface area (Å²) >= 11 is 5.27. The Morgan fingerprint density at radius 3 is 2.67 bits per heavy atom. The van der Waals surface area contributed by atoms with Gasteiger partial charge in [-0.05, 0) is 12.1 Å². The first kappa shape index (κ1) is 14.4. The lowest BCUT2D eigenvalue weighted by Crippen LogP contribution is -2.14. The minimum atomic E-state index is -4.11. The van der Waals surface area contributed by atoms with Gasteiger partial charge in [0.05, 0.1) is 4.92 Å². The number of ether oxygens (including phenoxy) is 1. The number of nitrogens with two attached hydrogens (primary N) is 1. The summed E-state index contributed by atoms with van der Waals surface area (Å²) in [6, 6.07) is 3.13. The smallest absolute Gasteiger partial charge is 0.271 e. The fourth-order valence-corrected chi connectivity index (χ4v) is 1.89. The van der Waals surface area contributed by atoms with Crippen LogP contribution in [0.4, 0.5) is 5.69 Å². The summed E-state index contributed by atoms with van der Waals surface area (Å²) in [7, 11) is -4.11. The van der Waals surface area contributed by atoms with E-state index in [1.165, 1.54) is 17.7 Å². The Bertz CT molecular complexity index is 585. The van der Waals surface area contributed by atoms with Gasteiger partial charge in [-0.1, -0.05) is 11.6 Å². The third-order valence-electron chi connectivity index (χ3n) is 1.87. The molecule has 0 aliphatic carbocycles. The van der Waals surface area contributed by atoms with E-state index in [4.69, 9.17) is 21.5 Å². The first-order valence-corrected chi connectivity index (χ1v) is 6.54. The summed E-state index contributed by atoms with van der Waals surface area (Å²) in [4.78, 5) is 9.38. The van der Waals surface area contributed by atoms with Crippen LogP contribution in [-0.2, 0) is 10.0 Å². The summed E-state index contributed by atoms with van der Waals surface area (Å²) < 4.78 is 27.7. The number of hydrogen-bond acceptors (Lipinski definition) is 5. The van der Waals surface area contributed by atoms with E-state index < -0.39 is 19.8 Å². The largest absolute Gasteiger partial charge is 0.488 e. The van der Waals surface area contributed by atoms with Crippen molar-refractivity contribution in [2.45, 2.75) is 4.90 Å². The van der Waals surface area contributed by atoms with Crippen LogP contribution in [0.3, 0.4) is 0 Å². The Morgan fingerprint density at radius 1 is 1.50 bits per heavy atom. The second-order valence-electron chi connectivity index (χ2n) is 3.11. The molecule has 0 aliphatic heterocycles. The van der Waals surface area contributed by atoms with Crippen LogP contribution in [0.15, 0.2) is 34.7 Å². The number of hydrogen-bond donors (Lipinski definition) is 1. The quantitative estimate of drug-likeness (QED) is 0.650. The number of halogens is 1. The summed E-state index contributed by atoms with van der Waals surface area (Å²) in [6.07, 6.45) is 1.43. The molecule has 1 aromatic carbocycles. The van der Waals surface area contributed by atoms with E-state index in [0.717, 1.165) is 12.1 Å². The highest BCUT2D eigenvalue weighted by molar-refractivity contribution is 7.89. The fourth-order valence-electron chi connectivity index (χ4n) is 1.13. The third kappa shape index (κ3) is 3.69. The fraction of sp³-hybridized carbons (Fsp3) is 0.111. The number of benzene rings is 1. The van der Waals surface area contributed by atoms with Crippen LogP contribution < -0.4 is 9.88 Å². The topological polar surface area (TPSA) is 113 Å². The number of primary sulfonamides is 1. The average Bonchev–Trinajstić information content (AvgIpc) is 2.28. The molecule has 7 nitrogen and oxygen atoms in total. The number of sulfonamides is 1. The molecule has 1 rings (SSSR count). The van der Waals surface area contributed by atoms with Crippen molar-refractivity contribution in [3.05, 3.63) is 39.9 Å². The molecule has 1 aromatic rings. The zero-order chi connectivity index (χ0) is 13.8. The standard InChI is InChI=1S/C9H9ClN2O5S/c10-4-1-5-17-8-3-2-7(12(13)14)6-9(8)18(11,15)16/h1-4,6H,5H2,(H2,11,15,16)/b4-1+. The highest BCUT2D eigenvalue weighted by Crippen LogP contribution is 2.27. The van der Waals surface area contributed by atoms with E-state index in [2.05, 4.69) is 0 Å². The Balaban J connectivity index is 3.22. The van der Waals surface area contributed by atoms with E-state index in [1.54, 1.807) is 0 Å². The molecule has 0 atom stereocenters. The number of rotatable bonds is 5. The highest BCUT2D eigenvalue weighted by atomic mass is 35.5. The predicted octanol–water partition coefficient (Wildman–Crippen LogP) is 1.37. The molecule has 0 aliphatic rings. The first-order valence-electron chi connectivity index (χ1n) is 4.55. The van der Waals surface area contributed by atoms with E-state index >= 15 is 0 Å². The number of nitro groups is 1. The normalized spacial score (nSPS) is 11.7. The monoisotopic (exact) mass is 292 g/mol. The summed E-state index contributed by atoms with van der Waals surface area (Å²) in [5, 5.41) is 15.5. The minimum Gasteiger partial charge on any atom is -0.488 e. The molecule has 0 radical (unpaired) electrons. The molecule has 9 heteroatoms. The van der Waals surface area contributed by atoms with Gasteiger partial charge in [-0.25, -0.2) is 13.6 Å². The first-order chi connectivity index (χ1) is 8.36. The Labute approximate surface area is 108 Å². The van der Waals surface area contributed by atoms with E-state index in [-0.39, 0.29) is 18.0 Å². The molecule has 0 unspecified atom stereocenters. The van der Waals surface area contributed by atoms with Crippen molar-refractivity contribution in [2.24, 2.45) is 5.14 Å². The zero-order valence-electron chi connectivity index (χ0n) is 8.95. The second-order valence-corrected chi connectivity index (χ2v) is 4.89. The Hall–Kier alpha value is -1.64. The van der Waals surface area contributed by atoms with Gasteiger partial charge in [0.2, 0.25) is 10.0 Å². The molecule has 0 bridgehead atoms. The van der Waals surface area contributed by atoms with E-state index in [0.29, 0.717) is 0 Å². The van der Waals surface area contributed by atoms with Crippen molar-refractivity contribution < 1.29 is 18.1 Å². The van der Waals surface area contributed by atoms with Crippen molar-refractivity contribution in [1.29, 1.82) is 0 Å². The second kappa shape index (κ2) is 5.80. The van der Waals surface area contributed by atoms with E-state index in [1.807, 2.05) is 0 Å². The van der Waals surface area contributed by atoms with Gasteiger partial charge < -0.3 is 4.74 Å². The van der Waals surface area contributed by atoms with Gasteiger partial charge in [-0.3, -0.25) is 10.1 Å². The molecule has 0 heterocycles. The maximum atomic E-state index is 11.3. The van der Waals surface area contributed by atoms with Crippen LogP contribution >= 0.6 is 11.6 Å². The van der Waals surface area contributed by atoms with Gasteiger partial charge in [-0.2, -0.15) is 0 Å². The van der Waals surface area contributed by atoms with Gasteiger partial charge in [-0.15, -0.1) is 0 Å². The highest BCUT2D eigenvalue weighted by Gasteiger charge is 2.19. The third-order valence-corrected chi connectivity index (χ3v) is 2.98. The van der Waals surface area contributed by atoms with Crippen LogP contribution in [0.2, 0.25) is 0 Å². The minimum absolute atomic E-state index is 0.0177. The lowest BCUT2D eigenvalue weighted by molar-refractivity contribution is -0.385. The molecule has 2 N–H and O–H groups in total. The Morgan fingerprint density at radius 2 is 2.17 bits per heavy atom. The summed E-state index contributed by atoms with van der Waals surface area (Å²) in [5.74, 6) is -0.0714. The number of nitrogens with zero attached hydrogens (tertiary/aromatic N) is 1. The van der Waals surface area contributed by atoms with Crippen molar-refractivity contribution in [2.75, 3.05) is 6.61 Å². The maximum Gasteiger partial charge on any atom is 0.271 e. The van der Waals surface area contributed by atoms with Crippen LogP contribution in [0.5, 0.6) is 5.75 Å². The molecule has 0 spiro atoms. The van der Waals surface area contributed by atoms with Gasteiger partial charge in [0.15, 0.2) is 0 Å². The van der Waals surface area contributed by atoms with Gasteiger partial charge in [0.25, 0.3) is 5.69 Å². The molecule has 0 aromatic heterocycles. The van der Waals surface area contributed by atoms with Crippen molar-refractivity contribution >= 4 is 27.3 Å². The van der Waals surface area contributed by atoms with Crippen LogP contribution in [0.1, 0.15) is 0 Å². The molecular formula is C9H9ClN2O5S. The average molecular weight is 293 g/mol.